The molecule has 0 N–H and O–H groups in total. The topological polar surface area (TPSA) is 64.0 Å². The van der Waals surface area contributed by atoms with E-state index in [0.717, 1.165) is 6.42 Å². The fraction of sp³-hybridized carbons (Fsp3) is 0.375. The van der Waals surface area contributed by atoms with Crippen LogP contribution in [0.5, 0.6) is 5.88 Å². The highest BCUT2D eigenvalue weighted by Crippen LogP contribution is 2.29. The van der Waals surface area contributed by atoms with Crippen LogP contribution >= 0.6 is 11.6 Å². The standard InChI is InChI=1S/C24H27ClFN3O3/c1-5-18-12-21(32-16(4)28-18)23-19(8-7-9-20(23)26)24(30)29(6-2)15(3)14-31-22-11-10-17(25)13-27-22/h7-13,15,18H,5-6,14H2,1-4H3/t15?,18-/m0/s1. The van der Waals surface area contributed by atoms with E-state index >= 15 is 0 Å². The van der Waals surface area contributed by atoms with Crippen LogP contribution in [-0.2, 0) is 4.74 Å². The van der Waals surface area contributed by atoms with Crippen molar-refractivity contribution in [3.8, 4) is 5.88 Å². The quantitative estimate of drug-likeness (QED) is 0.532. The van der Waals surface area contributed by atoms with E-state index in [4.69, 9.17) is 21.1 Å². The fourth-order valence-electron chi connectivity index (χ4n) is 3.52. The minimum atomic E-state index is -0.517. The van der Waals surface area contributed by atoms with Crippen LogP contribution < -0.4 is 4.74 Å². The van der Waals surface area contributed by atoms with Crippen LogP contribution in [0.4, 0.5) is 4.39 Å². The molecule has 1 aromatic heterocycles. The van der Waals surface area contributed by atoms with Gasteiger partial charge in [-0.15, -0.1) is 0 Å². The molecule has 0 radical (unpaired) electrons. The molecule has 1 aromatic carbocycles. The van der Waals surface area contributed by atoms with Gasteiger partial charge in [-0.2, -0.15) is 0 Å². The molecule has 1 aliphatic rings. The number of benzene rings is 1. The number of aliphatic imine (C=N–C) groups is 1. The molecule has 8 heteroatoms. The average Bonchev–Trinajstić information content (AvgIpc) is 2.78. The molecule has 6 nitrogen and oxygen atoms in total. The van der Waals surface area contributed by atoms with Crippen LogP contribution in [0.2, 0.25) is 5.02 Å². The van der Waals surface area contributed by atoms with Crippen molar-refractivity contribution in [3.05, 3.63) is 64.6 Å². The summed E-state index contributed by atoms with van der Waals surface area (Å²) in [6, 6.07) is 7.41. The summed E-state index contributed by atoms with van der Waals surface area (Å²) in [5, 5.41) is 0.513. The number of amides is 1. The first kappa shape index (κ1) is 23.7. The van der Waals surface area contributed by atoms with Crippen LogP contribution in [-0.4, -0.2) is 46.9 Å². The van der Waals surface area contributed by atoms with Crippen molar-refractivity contribution in [1.29, 1.82) is 0 Å². The van der Waals surface area contributed by atoms with Gasteiger partial charge < -0.3 is 14.4 Å². The van der Waals surface area contributed by atoms with Crippen LogP contribution in [0.25, 0.3) is 5.76 Å². The predicted molar refractivity (Wildman–Crippen MR) is 124 cm³/mol. The molecule has 0 saturated carbocycles. The number of hydrogen-bond donors (Lipinski definition) is 0. The molecular weight excluding hydrogens is 433 g/mol. The molecule has 2 aromatic rings. The second-order valence-corrected chi connectivity index (χ2v) is 7.92. The van der Waals surface area contributed by atoms with Gasteiger partial charge in [-0.3, -0.25) is 4.79 Å². The second-order valence-electron chi connectivity index (χ2n) is 7.48. The molecule has 1 amide bonds. The molecule has 3 rings (SSSR count). The normalized spacial score (nSPS) is 16.5. The Kier molecular flexibility index (Phi) is 7.85. The zero-order valence-corrected chi connectivity index (χ0v) is 19.4. The number of carbonyl (C=O) groups excluding carboxylic acids is 1. The summed E-state index contributed by atoms with van der Waals surface area (Å²) < 4.78 is 26.4. The van der Waals surface area contributed by atoms with Gasteiger partial charge in [0.1, 0.15) is 18.2 Å². The Labute approximate surface area is 192 Å². The summed E-state index contributed by atoms with van der Waals surface area (Å²) in [7, 11) is 0. The van der Waals surface area contributed by atoms with E-state index in [9.17, 15) is 9.18 Å². The molecule has 0 aliphatic carbocycles. The molecule has 1 unspecified atom stereocenters. The van der Waals surface area contributed by atoms with Crippen molar-refractivity contribution < 1.29 is 18.7 Å². The molecule has 2 atom stereocenters. The number of nitrogens with zero attached hydrogens (tertiary/aromatic N) is 3. The maximum atomic E-state index is 14.9. The number of rotatable bonds is 8. The van der Waals surface area contributed by atoms with Crippen molar-refractivity contribution >= 4 is 29.2 Å². The number of ether oxygens (including phenoxy) is 2. The Balaban J connectivity index is 1.84. The molecular formula is C24H27ClFN3O3. The number of aromatic nitrogens is 1. The van der Waals surface area contributed by atoms with Crippen molar-refractivity contribution in [2.75, 3.05) is 13.2 Å². The maximum absolute atomic E-state index is 14.9. The third-order valence-corrected chi connectivity index (χ3v) is 5.39. The zero-order chi connectivity index (χ0) is 23.3. The van der Waals surface area contributed by atoms with Crippen LogP contribution in [0.1, 0.15) is 50.0 Å². The van der Waals surface area contributed by atoms with Crippen molar-refractivity contribution in [2.45, 2.75) is 46.2 Å². The van der Waals surface area contributed by atoms with Gasteiger partial charge in [-0.25, -0.2) is 14.4 Å². The maximum Gasteiger partial charge on any atom is 0.255 e. The molecule has 0 bridgehead atoms. The van der Waals surface area contributed by atoms with Crippen molar-refractivity contribution in [3.63, 3.8) is 0 Å². The Hall–Kier alpha value is -2.93. The second kappa shape index (κ2) is 10.6. The lowest BCUT2D eigenvalue weighted by Gasteiger charge is -2.29. The van der Waals surface area contributed by atoms with Crippen molar-refractivity contribution in [2.24, 2.45) is 4.99 Å². The Morgan fingerprint density at radius 1 is 1.31 bits per heavy atom. The Morgan fingerprint density at radius 3 is 2.75 bits per heavy atom. The van der Waals surface area contributed by atoms with Gasteiger partial charge in [-0.05, 0) is 44.5 Å². The highest BCUT2D eigenvalue weighted by Gasteiger charge is 2.28. The van der Waals surface area contributed by atoms with Gasteiger partial charge in [0.2, 0.25) is 5.88 Å². The van der Waals surface area contributed by atoms with Gasteiger partial charge >= 0.3 is 0 Å². The molecule has 0 fully saturated rings. The first-order chi connectivity index (χ1) is 15.3. The van der Waals surface area contributed by atoms with E-state index in [1.807, 2.05) is 20.8 Å². The van der Waals surface area contributed by atoms with E-state index in [0.29, 0.717) is 29.1 Å². The number of halogens is 2. The number of hydrogen-bond acceptors (Lipinski definition) is 5. The molecule has 170 valence electrons. The van der Waals surface area contributed by atoms with Gasteiger partial charge in [-0.1, -0.05) is 24.6 Å². The Morgan fingerprint density at radius 2 is 2.09 bits per heavy atom. The Bertz CT molecular complexity index is 1020. The summed E-state index contributed by atoms with van der Waals surface area (Å²) in [4.78, 5) is 23.6. The molecule has 0 saturated heterocycles. The summed E-state index contributed by atoms with van der Waals surface area (Å²) in [5.74, 6) is 0.353. The predicted octanol–water partition coefficient (Wildman–Crippen LogP) is 5.37. The van der Waals surface area contributed by atoms with Crippen molar-refractivity contribution in [1.82, 2.24) is 9.88 Å². The molecule has 0 spiro atoms. The largest absolute Gasteiger partial charge is 0.475 e. The third-order valence-electron chi connectivity index (χ3n) is 5.16. The zero-order valence-electron chi connectivity index (χ0n) is 18.6. The fourth-order valence-corrected chi connectivity index (χ4v) is 3.63. The first-order valence-electron chi connectivity index (χ1n) is 10.6. The lowest BCUT2D eigenvalue weighted by molar-refractivity contribution is 0.0645. The van der Waals surface area contributed by atoms with E-state index in [1.54, 1.807) is 36.1 Å². The van der Waals surface area contributed by atoms with Crippen LogP contribution in [0.3, 0.4) is 0 Å². The van der Waals surface area contributed by atoms with Gasteiger partial charge in [0.25, 0.3) is 5.91 Å². The summed E-state index contributed by atoms with van der Waals surface area (Å²) in [5.41, 5.74) is 0.384. The molecule has 2 heterocycles. The summed E-state index contributed by atoms with van der Waals surface area (Å²) in [6.07, 6.45) is 4.00. The SMILES string of the molecule is CC[C@H]1C=C(c2c(F)cccc2C(=O)N(CC)C(C)COc2ccc(Cl)cn2)OC(C)=N1. The molecule has 32 heavy (non-hydrogen) atoms. The average molecular weight is 460 g/mol. The lowest BCUT2D eigenvalue weighted by atomic mass is 10.0. The van der Waals surface area contributed by atoms with E-state index in [2.05, 4.69) is 9.98 Å². The third kappa shape index (κ3) is 5.46. The van der Waals surface area contributed by atoms with Gasteiger partial charge in [0.05, 0.1) is 28.2 Å². The first-order valence-corrected chi connectivity index (χ1v) is 11.0. The minimum absolute atomic E-state index is 0.122. The lowest BCUT2D eigenvalue weighted by Crippen LogP contribution is -2.42. The highest BCUT2D eigenvalue weighted by molar-refractivity contribution is 6.30. The monoisotopic (exact) mass is 459 g/mol. The van der Waals surface area contributed by atoms with Gasteiger partial charge in [0, 0.05) is 25.7 Å². The number of pyridine rings is 1. The summed E-state index contributed by atoms with van der Waals surface area (Å²) >= 11 is 5.85. The number of likely N-dealkylation sites (N-methyl/N-ethyl adjacent to an activating group) is 1. The van der Waals surface area contributed by atoms with Gasteiger partial charge in [0.15, 0.2) is 5.90 Å². The van der Waals surface area contributed by atoms with E-state index in [-0.39, 0.29) is 35.7 Å². The minimum Gasteiger partial charge on any atom is -0.475 e. The van der Waals surface area contributed by atoms with E-state index in [1.165, 1.54) is 18.3 Å². The summed E-state index contributed by atoms with van der Waals surface area (Å²) in [6.45, 7) is 8.10. The van der Waals surface area contributed by atoms with Crippen LogP contribution in [0.15, 0.2) is 47.6 Å². The molecule has 1 aliphatic heterocycles. The number of carbonyl (C=O) groups is 1. The highest BCUT2D eigenvalue weighted by atomic mass is 35.5. The smallest absolute Gasteiger partial charge is 0.255 e. The van der Waals surface area contributed by atoms with Crippen LogP contribution in [0, 0.1) is 5.82 Å². The van der Waals surface area contributed by atoms with E-state index < -0.39 is 5.82 Å².